The summed E-state index contributed by atoms with van der Waals surface area (Å²) < 4.78 is 10.7. The third-order valence-corrected chi connectivity index (χ3v) is 16.5. The van der Waals surface area contributed by atoms with Gasteiger partial charge in [0.25, 0.3) is 0 Å². The van der Waals surface area contributed by atoms with Gasteiger partial charge in [-0.15, -0.1) is 0 Å². The van der Waals surface area contributed by atoms with Crippen LogP contribution in [0.3, 0.4) is 0 Å². The molecule has 0 aliphatic carbocycles. The molecule has 0 saturated carbocycles. The first-order valence-corrected chi connectivity index (χ1v) is 32.7. The normalized spacial score (nSPS) is 13.6. The maximum absolute atomic E-state index is 14.0. The second-order valence-electron chi connectivity index (χ2n) is 24.8. The van der Waals surface area contributed by atoms with Crippen LogP contribution in [0, 0.1) is 41.4 Å². The summed E-state index contributed by atoms with van der Waals surface area (Å²) in [5, 5.41) is 16.7. The van der Waals surface area contributed by atoms with E-state index >= 15 is 0 Å². The Morgan fingerprint density at radius 3 is 1.30 bits per heavy atom. The second kappa shape index (κ2) is 40.5. The zero-order valence-corrected chi connectivity index (χ0v) is 54.9. The molecule has 7 N–H and O–H groups in total. The zero-order valence-electron chi connectivity index (χ0n) is 53.1. The Balaban J connectivity index is 6.54. The van der Waals surface area contributed by atoms with E-state index in [4.69, 9.17) is 48.0 Å². The minimum atomic E-state index is -2.81. The molecule has 0 heterocycles. The molecule has 0 aromatic rings. The van der Waals surface area contributed by atoms with Crippen LogP contribution in [-0.2, 0) is 71.8 Å². The topological polar surface area (TPSA) is 342 Å². The van der Waals surface area contributed by atoms with Gasteiger partial charge in [-0.25, -0.2) is 9.59 Å². The Bertz CT molecular complexity index is 2560. The summed E-state index contributed by atoms with van der Waals surface area (Å²) in [6, 6.07) is 0.528. The Hall–Kier alpha value is -5.12. The van der Waals surface area contributed by atoms with Crippen LogP contribution in [0.4, 0.5) is 4.79 Å². The molecular formula is C54H88B8N7O16PS. The van der Waals surface area contributed by atoms with Crippen molar-refractivity contribution in [1.29, 1.82) is 0 Å². The molecule has 0 fully saturated rings. The Morgan fingerprint density at radius 1 is 0.494 bits per heavy atom. The number of esters is 1. The van der Waals surface area contributed by atoms with E-state index in [1.165, 1.54) is 6.66 Å². The fraction of sp³-hybridized carbons (Fsp3) is 0.741. The first-order valence-electron chi connectivity index (χ1n) is 29.1. The molecule has 7 amide bonds. The van der Waals surface area contributed by atoms with E-state index in [0.717, 1.165) is 12.1 Å². The van der Waals surface area contributed by atoms with Gasteiger partial charge >= 0.3 is 180 Å². The van der Waals surface area contributed by atoms with Gasteiger partial charge in [-0.3, -0.25) is 38.4 Å². The number of ketones is 4. The van der Waals surface area contributed by atoms with Crippen molar-refractivity contribution in [2.45, 2.75) is 171 Å². The predicted molar refractivity (Wildman–Crippen MR) is 343 cm³/mol. The number of rotatable bonds is 40. The molecule has 0 aliphatic rings. The number of carbonyl (C=O) groups excluding carboxylic acids is 14. The summed E-state index contributed by atoms with van der Waals surface area (Å²) in [7, 11) is 24.3. The molecule has 0 spiro atoms. The summed E-state index contributed by atoms with van der Waals surface area (Å²) in [6.07, 6.45) is -3.10. The number of Topliss-reactive ketones (excluding diaryl/α,β-unsaturated/α-hetero) is 4. The molecule has 0 aromatic heterocycles. The van der Waals surface area contributed by atoms with E-state index in [0.29, 0.717) is 6.42 Å². The van der Waals surface area contributed by atoms with Crippen LogP contribution in [0.5, 0.6) is 0 Å². The van der Waals surface area contributed by atoms with Crippen molar-refractivity contribution in [3.8, 4) is 0 Å². The molecular weight excluding hydrogens is 1150 g/mol. The Labute approximate surface area is 523 Å². The van der Waals surface area contributed by atoms with E-state index in [2.05, 4.69) is 37.2 Å². The average Bonchev–Trinajstić information content (AvgIpc) is 2.25. The summed E-state index contributed by atoms with van der Waals surface area (Å²) >= 11 is 0. The molecule has 0 bridgehead atoms. The summed E-state index contributed by atoms with van der Waals surface area (Å²) in [6.45, 7) is 19.1. The third-order valence-electron chi connectivity index (χ3n) is 12.8. The van der Waals surface area contributed by atoms with Gasteiger partial charge in [-0.2, -0.15) is 0 Å². The molecule has 33 heteroatoms. The molecule has 10 radical (unpaired) electrons. The first-order chi connectivity index (χ1) is 40.1. The van der Waals surface area contributed by atoms with E-state index in [9.17, 15) is 67.1 Å². The molecule has 0 aliphatic heterocycles. The van der Waals surface area contributed by atoms with E-state index in [1.807, 2.05) is 27.7 Å². The third kappa shape index (κ3) is 35.6. The van der Waals surface area contributed by atoms with Crippen LogP contribution in [0.1, 0.15) is 154 Å². The zero-order chi connectivity index (χ0) is 67.2. The Morgan fingerprint density at radius 2 is 0.885 bits per heavy atom. The predicted octanol–water partition coefficient (Wildman–Crippen LogP) is 0.699. The quantitative estimate of drug-likeness (QED) is 0.0252. The molecule has 6 atom stereocenters. The van der Waals surface area contributed by atoms with Crippen LogP contribution >= 0.6 is 16.5 Å². The summed E-state index contributed by atoms with van der Waals surface area (Å²) in [5.74, 6) is -12.8. The van der Waals surface area contributed by atoms with Crippen LogP contribution in [0.25, 0.3) is 0 Å². The first kappa shape index (κ1) is 81.9. The van der Waals surface area contributed by atoms with Crippen LogP contribution in [-0.4, -0.2) is 201 Å². The summed E-state index contributed by atoms with van der Waals surface area (Å²) in [5.41, 5.74) is -2.22. The van der Waals surface area contributed by atoms with Gasteiger partial charge in [0.05, 0.1) is 26.2 Å². The van der Waals surface area contributed by atoms with Crippen molar-refractivity contribution in [2.75, 3.05) is 45.9 Å². The average molecular weight is 1240 g/mol. The molecule has 0 aromatic carbocycles. The van der Waals surface area contributed by atoms with E-state index in [1.54, 1.807) is 55.4 Å². The van der Waals surface area contributed by atoms with Crippen molar-refractivity contribution in [2.24, 2.45) is 41.4 Å². The molecule has 6 unspecified atom stereocenters. The van der Waals surface area contributed by atoms with Gasteiger partial charge in [-0.1, -0.05) is 35.5 Å². The molecule has 87 heavy (non-hydrogen) atoms. The molecule has 0 rings (SSSR count). The number of carbonyl (C=O) groups is 14. The van der Waals surface area contributed by atoms with Crippen molar-refractivity contribution >= 4 is 154 Å². The van der Waals surface area contributed by atoms with Crippen LogP contribution in [0.15, 0.2) is 0 Å². The van der Waals surface area contributed by atoms with Crippen molar-refractivity contribution in [1.82, 2.24) is 37.2 Å². The van der Waals surface area contributed by atoms with Crippen molar-refractivity contribution in [3.05, 3.63) is 0 Å². The monoisotopic (exact) mass is 1240 g/mol. The van der Waals surface area contributed by atoms with Gasteiger partial charge in [0.2, 0.25) is 23.6 Å². The number of alkyl carbamates (subject to hydrolysis) is 1. The number of ether oxygens (including phenoxy) is 2. The van der Waals surface area contributed by atoms with Gasteiger partial charge in [0, 0.05) is 43.9 Å². The van der Waals surface area contributed by atoms with E-state index in [-0.39, 0.29) is 74.8 Å². The number of hydrogen-bond acceptors (Lipinski definition) is 16. The fourth-order valence-electron chi connectivity index (χ4n) is 8.58. The maximum atomic E-state index is 14.0. The number of hydrogen-bond donors (Lipinski definition) is 7. The van der Waals surface area contributed by atoms with Gasteiger partial charge in [0.1, 0.15) is 30.6 Å². The number of amides is 7. The van der Waals surface area contributed by atoms with Crippen molar-refractivity contribution < 1.29 is 76.6 Å². The SMILES string of the molecule is [B]B=S(=B[B])(B([B])[B])C(=O)CNC(=O)C(CC(=O)CNC(=O)C(CCC(=O)NCC(=O)CC(CC(C)C)C(=O)NCC(=O)P([B])C)CC(=O)CCC(NC(=O)CNC(=O)C(CC(=O)CNC(=O)OC(C)(C)C)CC(C)C)C(=O)OC(C)(C)C)CC(C)C. The summed E-state index contributed by atoms with van der Waals surface area (Å²) in [4.78, 5) is 185. The molecule has 0 saturated heterocycles. The molecule has 470 valence electrons. The van der Waals surface area contributed by atoms with Crippen LogP contribution < -0.4 is 37.2 Å². The van der Waals surface area contributed by atoms with Crippen molar-refractivity contribution in [3.63, 3.8) is 0 Å². The Kier molecular flexibility index (Phi) is 38.1. The van der Waals surface area contributed by atoms with Gasteiger partial charge in [-0.05, 0) is 85.7 Å². The molecule has 23 nitrogen and oxygen atoms in total. The van der Waals surface area contributed by atoms with Gasteiger partial charge in [0.15, 0.2) is 17.1 Å². The van der Waals surface area contributed by atoms with Crippen LogP contribution in [0.2, 0.25) is 0 Å². The fourth-order valence-corrected chi connectivity index (χ4v) is 10.3. The second-order valence-corrected chi connectivity index (χ2v) is 29.5. The van der Waals surface area contributed by atoms with E-state index < -0.39 is 191 Å². The van der Waals surface area contributed by atoms with Gasteiger partial charge < -0.3 is 36.1 Å². The minimum absolute atomic E-state index is 0.0134. The standard InChI is InChI=1S/C54H88B8N7O16PS/c1-31(2)18-35(24-41(73)27-68-52(83)85-54(10,11)12)48(79)65-28-44(75)69-42(51(82)84-53(7,8)9)16-15-38(70)21-34(14-17-43(74)63-25-39(71)22-36(19-32(3)4)49(80)66-29-45(76)86(13)59)47(78)64-26-40(72)23-37(20-33(5)6)50(81)67-30-46(77)87(60-55,61-56)62(57)58/h31-37,42H,14-30H2,1-13H3,(H,63,74)(H,64,78)(H,65,79)(H,66,80)(H,67,81)(H,68,83)(H,69,75). The number of nitrogens with one attached hydrogen (secondary N) is 7.